The van der Waals surface area contributed by atoms with Crippen LogP contribution in [0.3, 0.4) is 0 Å². The van der Waals surface area contributed by atoms with Gasteiger partial charge in [0.25, 0.3) is 0 Å². The van der Waals surface area contributed by atoms with Gasteiger partial charge < -0.3 is 5.32 Å². The van der Waals surface area contributed by atoms with E-state index >= 15 is 0 Å². The van der Waals surface area contributed by atoms with Gasteiger partial charge in [0, 0.05) is 12.7 Å². The molecule has 0 saturated carbocycles. The Morgan fingerprint density at radius 3 is 1.50 bits per heavy atom. The SMILES string of the molecule is CCCC.CCc1cccc(-c2c3ccccc3c(-c3cccc(C(C)(CC)CC)c3)c3ccccc23)c1.CNc1cccc(-c2ccc3c(c2)CC3)c1. The van der Waals surface area contributed by atoms with Crippen LogP contribution in [0.2, 0.25) is 0 Å². The second-order valence-electron chi connectivity index (χ2n) is 15.1. The van der Waals surface area contributed by atoms with Crippen LogP contribution < -0.4 is 5.32 Å². The summed E-state index contributed by atoms with van der Waals surface area (Å²) in [5, 5.41) is 8.47. The van der Waals surface area contributed by atoms with Gasteiger partial charge in [-0.05, 0) is 127 Å². The van der Waals surface area contributed by atoms with Crippen molar-refractivity contribution in [2.24, 2.45) is 0 Å². The number of rotatable bonds is 9. The molecule has 0 amide bonds. The van der Waals surface area contributed by atoms with Gasteiger partial charge in [0.2, 0.25) is 0 Å². The lowest BCUT2D eigenvalue weighted by molar-refractivity contribution is 0.439. The highest BCUT2D eigenvalue weighted by atomic mass is 14.8. The summed E-state index contributed by atoms with van der Waals surface area (Å²) in [6.45, 7) is 13.6. The first kappa shape index (κ1) is 38.6. The maximum atomic E-state index is 3.18. The van der Waals surface area contributed by atoms with Crippen LogP contribution in [-0.4, -0.2) is 7.05 Å². The van der Waals surface area contributed by atoms with Crippen molar-refractivity contribution < 1.29 is 0 Å². The maximum absolute atomic E-state index is 3.18. The Kier molecular flexibility index (Phi) is 12.7. The van der Waals surface area contributed by atoms with Gasteiger partial charge in [-0.15, -0.1) is 0 Å². The van der Waals surface area contributed by atoms with Crippen molar-refractivity contribution in [2.45, 2.75) is 91.9 Å². The van der Waals surface area contributed by atoms with Gasteiger partial charge in [-0.2, -0.15) is 0 Å². The average Bonchev–Trinajstić information content (AvgIpc) is 3.23. The van der Waals surface area contributed by atoms with Crippen LogP contribution in [0, 0.1) is 0 Å². The monoisotopic (exact) mass is 709 g/mol. The average molecular weight is 710 g/mol. The standard InChI is InChI=1S/C34H34.C15H15N.C4H10/c1-5-24-14-12-15-25(22-24)32-28-18-8-10-20-30(28)33(31-21-11-9-19-29(31)32)26-16-13-17-27(23-26)34(4,6-2)7-3;1-16-15-4-2-3-12(10-15)14-8-6-11-5-7-13(11)9-14;1-3-4-2/h8-23H,5-7H2,1-4H3;2-4,6,8-10,16H,5,7H2,1H3;3-4H2,1-2H3. The van der Waals surface area contributed by atoms with Gasteiger partial charge in [0.05, 0.1) is 0 Å². The van der Waals surface area contributed by atoms with Crippen molar-refractivity contribution in [1.29, 1.82) is 0 Å². The molecule has 1 aliphatic carbocycles. The Balaban J connectivity index is 0.000000205. The molecule has 0 aliphatic heterocycles. The van der Waals surface area contributed by atoms with E-state index in [0.717, 1.165) is 19.3 Å². The number of anilines is 1. The number of fused-ring (bicyclic) bond motifs is 3. The summed E-state index contributed by atoms with van der Waals surface area (Å²) in [4.78, 5) is 0. The molecule has 1 nitrogen and oxygen atoms in total. The van der Waals surface area contributed by atoms with Gasteiger partial charge >= 0.3 is 0 Å². The van der Waals surface area contributed by atoms with E-state index in [2.05, 4.69) is 186 Å². The van der Waals surface area contributed by atoms with Crippen molar-refractivity contribution in [3.8, 4) is 33.4 Å². The van der Waals surface area contributed by atoms with Crippen LogP contribution in [0.1, 0.15) is 89.5 Å². The van der Waals surface area contributed by atoms with Gasteiger partial charge in [-0.3, -0.25) is 0 Å². The van der Waals surface area contributed by atoms with Crippen molar-refractivity contribution in [3.63, 3.8) is 0 Å². The van der Waals surface area contributed by atoms with E-state index in [4.69, 9.17) is 0 Å². The number of hydrogen-bond acceptors (Lipinski definition) is 1. The van der Waals surface area contributed by atoms with E-state index in [9.17, 15) is 0 Å². The highest BCUT2D eigenvalue weighted by Crippen LogP contribution is 2.44. The first-order chi connectivity index (χ1) is 26.4. The molecule has 0 radical (unpaired) electrons. The lowest BCUT2D eigenvalue weighted by atomic mass is 9.76. The summed E-state index contributed by atoms with van der Waals surface area (Å²) in [6.07, 6.45) is 8.46. The molecule has 0 fully saturated rings. The molecule has 276 valence electrons. The molecule has 54 heavy (non-hydrogen) atoms. The van der Waals surface area contributed by atoms with Crippen LogP contribution in [0.15, 0.2) is 140 Å². The highest BCUT2D eigenvalue weighted by Gasteiger charge is 2.23. The van der Waals surface area contributed by atoms with Crippen LogP contribution in [-0.2, 0) is 24.7 Å². The van der Waals surface area contributed by atoms with E-state index in [0.29, 0.717) is 0 Å². The first-order valence-corrected chi connectivity index (χ1v) is 20.4. The Morgan fingerprint density at radius 2 is 1.00 bits per heavy atom. The Hall–Kier alpha value is -5.14. The second kappa shape index (κ2) is 17.8. The normalized spacial score (nSPS) is 11.8. The van der Waals surface area contributed by atoms with Crippen molar-refractivity contribution in [1.82, 2.24) is 0 Å². The number of hydrogen-bond donors (Lipinski definition) is 1. The molecule has 1 heteroatoms. The summed E-state index contributed by atoms with van der Waals surface area (Å²) < 4.78 is 0. The highest BCUT2D eigenvalue weighted by molar-refractivity contribution is 6.21. The smallest absolute Gasteiger partial charge is 0.0343 e. The van der Waals surface area contributed by atoms with E-state index in [1.54, 1.807) is 0 Å². The van der Waals surface area contributed by atoms with Crippen LogP contribution in [0.5, 0.6) is 0 Å². The van der Waals surface area contributed by atoms with E-state index in [-0.39, 0.29) is 5.41 Å². The lowest BCUT2D eigenvalue weighted by Crippen LogP contribution is -2.19. The van der Waals surface area contributed by atoms with Gasteiger partial charge in [0.15, 0.2) is 0 Å². The Morgan fingerprint density at radius 1 is 0.481 bits per heavy atom. The topological polar surface area (TPSA) is 12.0 Å². The number of aryl methyl sites for hydroxylation is 3. The predicted octanol–water partition coefficient (Wildman–Crippen LogP) is 15.3. The predicted molar refractivity (Wildman–Crippen MR) is 239 cm³/mol. The van der Waals surface area contributed by atoms with E-state index in [1.165, 1.54) is 109 Å². The zero-order valence-corrected chi connectivity index (χ0v) is 33.7. The lowest BCUT2D eigenvalue weighted by Gasteiger charge is -2.28. The summed E-state index contributed by atoms with van der Waals surface area (Å²) in [5.41, 5.74) is 15.1. The maximum Gasteiger partial charge on any atom is 0.0343 e. The molecular formula is C53H59N. The summed E-state index contributed by atoms with van der Waals surface area (Å²) in [5.74, 6) is 0. The number of nitrogens with one attached hydrogen (secondary N) is 1. The first-order valence-electron chi connectivity index (χ1n) is 20.4. The molecule has 7 aromatic carbocycles. The second-order valence-corrected chi connectivity index (χ2v) is 15.1. The van der Waals surface area contributed by atoms with Crippen molar-refractivity contribution >= 4 is 27.2 Å². The fraction of sp³-hybridized carbons (Fsp3) is 0.283. The molecule has 1 aliphatic rings. The minimum absolute atomic E-state index is 0.197. The fourth-order valence-corrected chi connectivity index (χ4v) is 7.63. The molecule has 0 unspecified atom stereocenters. The molecule has 0 saturated heterocycles. The largest absolute Gasteiger partial charge is 0.388 e. The molecule has 0 spiro atoms. The summed E-state index contributed by atoms with van der Waals surface area (Å²) >= 11 is 0. The minimum Gasteiger partial charge on any atom is -0.388 e. The minimum atomic E-state index is 0.197. The number of unbranched alkanes of at least 4 members (excludes halogenated alkanes) is 1. The molecule has 0 bridgehead atoms. The fourth-order valence-electron chi connectivity index (χ4n) is 7.63. The Bertz CT molecular complexity index is 2260. The molecule has 0 aromatic heterocycles. The third-order valence-electron chi connectivity index (χ3n) is 11.8. The van der Waals surface area contributed by atoms with Crippen molar-refractivity contribution in [3.05, 3.63) is 162 Å². The summed E-state index contributed by atoms with van der Waals surface area (Å²) in [6, 6.07) is 51.6. The van der Waals surface area contributed by atoms with Gasteiger partial charge in [-0.1, -0.05) is 182 Å². The zero-order chi connectivity index (χ0) is 38.1. The molecule has 7 aromatic rings. The summed E-state index contributed by atoms with van der Waals surface area (Å²) in [7, 11) is 1.96. The van der Waals surface area contributed by atoms with Crippen LogP contribution in [0.25, 0.3) is 54.9 Å². The third kappa shape index (κ3) is 8.17. The number of benzene rings is 7. The van der Waals surface area contributed by atoms with E-state index in [1.807, 2.05) is 7.05 Å². The molecule has 0 heterocycles. The van der Waals surface area contributed by atoms with Crippen molar-refractivity contribution in [2.75, 3.05) is 12.4 Å². The third-order valence-corrected chi connectivity index (χ3v) is 11.8. The molecule has 1 N–H and O–H groups in total. The van der Waals surface area contributed by atoms with Crippen LogP contribution in [0.4, 0.5) is 5.69 Å². The van der Waals surface area contributed by atoms with Gasteiger partial charge in [0.1, 0.15) is 0 Å². The van der Waals surface area contributed by atoms with E-state index < -0.39 is 0 Å². The molecule has 0 atom stereocenters. The van der Waals surface area contributed by atoms with Gasteiger partial charge in [-0.25, -0.2) is 0 Å². The zero-order valence-electron chi connectivity index (χ0n) is 33.7. The Labute approximate surface area is 325 Å². The quantitative estimate of drug-likeness (QED) is 0.147. The molecular weight excluding hydrogens is 651 g/mol. The van der Waals surface area contributed by atoms with Crippen LogP contribution >= 0.6 is 0 Å². The molecule has 8 rings (SSSR count).